The third kappa shape index (κ3) is 12.5. The minimum atomic E-state index is -2.04. The van der Waals surface area contributed by atoms with E-state index in [-0.39, 0.29) is 104 Å². The molecule has 420 valence electrons. The number of nitrogens with one attached hydrogen (secondary N) is 6. The molecule has 2 aromatic heterocycles. The molecule has 79 heavy (non-hydrogen) atoms. The number of unbranched alkanes of at least 4 members (excludes halogenated alkanes) is 2. The zero-order valence-electron chi connectivity index (χ0n) is 45.2. The van der Waals surface area contributed by atoms with Gasteiger partial charge in [0, 0.05) is 61.4 Å². The lowest BCUT2D eigenvalue weighted by atomic mass is 9.80. The molecule has 0 saturated carbocycles. The van der Waals surface area contributed by atoms with Crippen molar-refractivity contribution in [3.8, 4) is 11.4 Å². The number of ether oxygens (including phenoxy) is 1. The predicted molar refractivity (Wildman–Crippen MR) is 285 cm³/mol. The third-order valence-electron chi connectivity index (χ3n) is 15.4. The standard InChI is InChI=1S/C57H68FN9O12/c1-6-57(78)36-23-42-51-34(29-67(42)53(75)35(36)30-79-55(57)77)50-39(19-18-33-31(2)38(58)25-40(65-51)49(33)50)63-44(69)17-13-20-59-45(70)27-62-52(74)41(22-32-14-9-7-10-15-32)64-47(72)28-61-46(71)26-60-43(68)16-11-8-12-21-66-48(73)24-37(54(66)76)56(3,4)5/h7,9-10,14-15,23,25,37,39,41,78H,6,8,11-13,16-22,24,26-30H2,1-5H3,(H,59,70)(H,60,68)(H,61,71)(H,62,74)(H,63,69)(H,64,72)/t37?,39-,41-,57-/m0/s1. The average Bonchev–Trinajstić information content (AvgIpc) is 4.20. The summed E-state index contributed by atoms with van der Waals surface area (Å²) in [6.45, 7) is 7.91. The van der Waals surface area contributed by atoms with Gasteiger partial charge < -0.3 is 46.3 Å². The molecule has 7 N–H and O–H groups in total. The van der Waals surface area contributed by atoms with E-state index in [1.54, 1.807) is 50.2 Å². The fourth-order valence-corrected chi connectivity index (χ4v) is 10.9. The number of esters is 1. The highest BCUT2D eigenvalue weighted by molar-refractivity contribution is 6.04. The van der Waals surface area contributed by atoms with Gasteiger partial charge in [-0.15, -0.1) is 0 Å². The Bertz CT molecular complexity index is 3190. The van der Waals surface area contributed by atoms with Crippen molar-refractivity contribution in [2.45, 2.75) is 136 Å². The summed E-state index contributed by atoms with van der Waals surface area (Å²) in [6.07, 6.45) is 3.05. The number of hydrogen-bond donors (Lipinski definition) is 7. The molecule has 0 radical (unpaired) electrons. The lowest BCUT2D eigenvalue weighted by Gasteiger charge is -2.31. The summed E-state index contributed by atoms with van der Waals surface area (Å²) >= 11 is 0. The van der Waals surface area contributed by atoms with E-state index in [2.05, 4.69) is 31.9 Å². The maximum absolute atomic E-state index is 15.4. The Balaban J connectivity index is 0.786. The molecule has 0 bridgehead atoms. The molecule has 1 saturated heterocycles. The van der Waals surface area contributed by atoms with Crippen molar-refractivity contribution in [2.24, 2.45) is 11.3 Å². The lowest BCUT2D eigenvalue weighted by molar-refractivity contribution is -0.172. The molecule has 5 heterocycles. The van der Waals surface area contributed by atoms with Crippen LogP contribution in [0.15, 0.2) is 47.3 Å². The first-order chi connectivity index (χ1) is 37.6. The van der Waals surface area contributed by atoms with Gasteiger partial charge in [-0.05, 0) is 79.2 Å². The molecule has 3 aliphatic heterocycles. The van der Waals surface area contributed by atoms with Gasteiger partial charge in [0.1, 0.15) is 18.5 Å². The van der Waals surface area contributed by atoms with E-state index in [0.717, 1.165) is 5.56 Å². The van der Waals surface area contributed by atoms with Gasteiger partial charge in [0.15, 0.2) is 5.60 Å². The number of hydrogen-bond acceptors (Lipinski definition) is 13. The Morgan fingerprint density at radius 3 is 2.27 bits per heavy atom. The van der Waals surface area contributed by atoms with Crippen LogP contribution < -0.4 is 37.5 Å². The highest BCUT2D eigenvalue weighted by Gasteiger charge is 2.47. The number of rotatable bonds is 22. The molecule has 0 spiro atoms. The second kappa shape index (κ2) is 24.0. The lowest BCUT2D eigenvalue weighted by Crippen LogP contribution is -2.52. The maximum Gasteiger partial charge on any atom is 0.343 e. The number of carbonyl (C=O) groups is 9. The first-order valence-electron chi connectivity index (χ1n) is 27.0. The van der Waals surface area contributed by atoms with Gasteiger partial charge in [0.05, 0.1) is 60.6 Å². The number of aryl methyl sites for hydroxylation is 1. The Kier molecular flexibility index (Phi) is 17.4. The highest BCUT2D eigenvalue weighted by atomic mass is 19.1. The van der Waals surface area contributed by atoms with Crippen LogP contribution in [0.3, 0.4) is 0 Å². The van der Waals surface area contributed by atoms with Gasteiger partial charge in [-0.2, -0.15) is 0 Å². The number of cyclic esters (lactones) is 1. The molecule has 22 heteroatoms. The molecule has 2 aromatic carbocycles. The molecule has 8 rings (SSSR count). The van der Waals surface area contributed by atoms with Crippen molar-refractivity contribution in [3.63, 3.8) is 0 Å². The number of imide groups is 1. The molecule has 1 aliphatic carbocycles. The van der Waals surface area contributed by atoms with Crippen LogP contribution in [-0.4, -0.2) is 112 Å². The van der Waals surface area contributed by atoms with Crippen LogP contribution in [0.5, 0.6) is 0 Å². The first-order valence-corrected chi connectivity index (χ1v) is 27.0. The molecule has 4 aliphatic rings. The highest BCUT2D eigenvalue weighted by Crippen LogP contribution is 2.46. The molecule has 4 aromatic rings. The normalized spacial score (nSPS) is 18.5. The van der Waals surface area contributed by atoms with Crippen molar-refractivity contribution < 1.29 is 57.4 Å². The summed E-state index contributed by atoms with van der Waals surface area (Å²) in [5.74, 6) is -5.26. The second-order valence-electron chi connectivity index (χ2n) is 21.8. The number of benzene rings is 2. The van der Waals surface area contributed by atoms with Crippen molar-refractivity contribution in [1.29, 1.82) is 0 Å². The van der Waals surface area contributed by atoms with Gasteiger partial charge in [0.2, 0.25) is 47.3 Å². The molecule has 4 atom stereocenters. The summed E-state index contributed by atoms with van der Waals surface area (Å²) < 4.78 is 22.1. The molecular formula is C57H68FN9O12. The third-order valence-corrected chi connectivity index (χ3v) is 15.4. The van der Waals surface area contributed by atoms with E-state index in [4.69, 9.17) is 9.72 Å². The van der Waals surface area contributed by atoms with E-state index >= 15 is 4.39 Å². The topological polar surface area (TPSA) is 293 Å². The van der Waals surface area contributed by atoms with Gasteiger partial charge in [-0.3, -0.25) is 48.1 Å². The number of fused-ring (bicyclic) bond motifs is 5. The van der Waals surface area contributed by atoms with Crippen LogP contribution >= 0.6 is 0 Å². The smallest absolute Gasteiger partial charge is 0.343 e. The van der Waals surface area contributed by atoms with Crippen LogP contribution in [0.25, 0.3) is 22.3 Å². The fourth-order valence-electron chi connectivity index (χ4n) is 10.9. The Morgan fingerprint density at radius 1 is 0.848 bits per heavy atom. The van der Waals surface area contributed by atoms with Crippen LogP contribution in [0.2, 0.25) is 0 Å². The fraction of sp³-hybridized carbons (Fsp3) is 0.491. The molecule has 1 unspecified atom stereocenters. The van der Waals surface area contributed by atoms with Crippen LogP contribution in [0.4, 0.5) is 4.39 Å². The SMILES string of the molecule is CC[C@@]1(O)C(=O)OCc2c1cc1n(c2=O)Cc2c-1nc1cc(F)c(C)c3c1c2[C@@H](NC(=O)CCCNC(=O)CNC(=O)[C@H](Cc1ccccc1)NC(=O)CNC(=O)CNC(=O)CCCCCN1C(=O)CC(C(C)(C)C)C1=O)CC3. The second-order valence-corrected chi connectivity index (χ2v) is 21.8. The summed E-state index contributed by atoms with van der Waals surface area (Å²) in [4.78, 5) is 136. The minimum Gasteiger partial charge on any atom is -0.458 e. The quantitative estimate of drug-likeness (QED) is 0.0299. The van der Waals surface area contributed by atoms with E-state index in [1.807, 2.05) is 20.8 Å². The van der Waals surface area contributed by atoms with E-state index in [9.17, 15) is 53.1 Å². The largest absolute Gasteiger partial charge is 0.458 e. The van der Waals surface area contributed by atoms with Crippen LogP contribution in [0.1, 0.15) is 130 Å². The van der Waals surface area contributed by atoms with Crippen molar-refractivity contribution in [2.75, 3.05) is 32.7 Å². The molecular weight excluding hydrogens is 1020 g/mol. The molecule has 1 fully saturated rings. The number of pyridine rings is 2. The van der Waals surface area contributed by atoms with Gasteiger partial charge in [-0.1, -0.05) is 64.4 Å². The number of nitrogens with zero attached hydrogens (tertiary/aromatic N) is 3. The summed E-state index contributed by atoms with van der Waals surface area (Å²) in [6, 6.07) is 10.1. The predicted octanol–water partition coefficient (Wildman–Crippen LogP) is 2.58. The average molecular weight is 1090 g/mol. The number of aliphatic hydroxyl groups is 1. The van der Waals surface area contributed by atoms with Gasteiger partial charge in [-0.25, -0.2) is 14.2 Å². The summed E-state index contributed by atoms with van der Waals surface area (Å²) in [5.41, 5.74) is 1.86. The zero-order valence-corrected chi connectivity index (χ0v) is 45.2. The van der Waals surface area contributed by atoms with Crippen LogP contribution in [0, 0.1) is 24.1 Å². The number of aromatic nitrogens is 2. The van der Waals surface area contributed by atoms with E-state index < -0.39 is 78.3 Å². The summed E-state index contributed by atoms with van der Waals surface area (Å²) in [7, 11) is 0. The Hall–Kier alpha value is -7.88. The monoisotopic (exact) mass is 1090 g/mol. The Morgan fingerprint density at radius 2 is 1.54 bits per heavy atom. The van der Waals surface area contributed by atoms with E-state index in [1.165, 1.54) is 15.5 Å². The Labute approximate surface area is 455 Å². The number of likely N-dealkylation sites (tertiary alicyclic amines) is 1. The molecule has 21 nitrogen and oxygen atoms in total. The van der Waals surface area contributed by atoms with E-state index in [0.29, 0.717) is 83.2 Å². The van der Waals surface area contributed by atoms with Gasteiger partial charge >= 0.3 is 5.97 Å². The van der Waals surface area contributed by atoms with Gasteiger partial charge in [0.25, 0.3) is 5.56 Å². The van der Waals surface area contributed by atoms with Crippen molar-refractivity contribution in [3.05, 3.63) is 97.6 Å². The van der Waals surface area contributed by atoms with Crippen molar-refractivity contribution in [1.82, 2.24) is 46.4 Å². The maximum atomic E-state index is 15.4. The molecule has 8 amide bonds. The first kappa shape index (κ1) is 57.3. The van der Waals surface area contributed by atoms with Crippen molar-refractivity contribution >= 4 is 64.1 Å². The number of amides is 8. The number of halogens is 1. The minimum absolute atomic E-state index is 0.00622. The summed E-state index contributed by atoms with van der Waals surface area (Å²) in [5, 5.41) is 28.0. The number of carbonyl (C=O) groups excluding carboxylic acids is 9. The zero-order chi connectivity index (χ0) is 56.9. The van der Waals surface area contributed by atoms with Crippen LogP contribution in [-0.2, 0) is 79.5 Å².